The molecule has 0 fully saturated rings. The van der Waals surface area contributed by atoms with Gasteiger partial charge in [0.1, 0.15) is 11.4 Å². The van der Waals surface area contributed by atoms with Crippen LogP contribution in [0.3, 0.4) is 0 Å². The van der Waals surface area contributed by atoms with Crippen LogP contribution >= 0.6 is 24.0 Å². The molecule has 1 aromatic carbocycles. The molecule has 1 aromatic rings. The highest BCUT2D eigenvalue weighted by atomic mass is 127. The fraction of sp³-hybridized carbons (Fsp3) is 0.588. The Morgan fingerprint density at radius 1 is 1.09 bits per heavy atom. The van der Waals surface area contributed by atoms with Crippen molar-refractivity contribution in [2.24, 2.45) is 4.99 Å². The lowest BCUT2D eigenvalue weighted by atomic mass is 10.1. The van der Waals surface area contributed by atoms with Crippen molar-refractivity contribution < 1.29 is 4.74 Å². The quantitative estimate of drug-likeness (QED) is 0.424. The van der Waals surface area contributed by atoms with Gasteiger partial charge in [-0.05, 0) is 39.3 Å². The van der Waals surface area contributed by atoms with Gasteiger partial charge < -0.3 is 14.5 Å². The topological polar surface area (TPSA) is 28.1 Å². The second-order valence-electron chi connectivity index (χ2n) is 6.73. The molecule has 0 aliphatic carbocycles. The van der Waals surface area contributed by atoms with E-state index >= 15 is 0 Å². The number of hydrogen-bond acceptors (Lipinski definition) is 2. The lowest BCUT2D eigenvalue weighted by molar-refractivity contribution is 0.129. The third-order valence-electron chi connectivity index (χ3n) is 2.83. The minimum absolute atomic E-state index is 0. The van der Waals surface area contributed by atoms with Gasteiger partial charge in [-0.15, -0.1) is 24.0 Å². The first kappa shape index (κ1) is 21.0. The molecule has 0 heterocycles. The third-order valence-corrected chi connectivity index (χ3v) is 2.83. The van der Waals surface area contributed by atoms with E-state index in [1.165, 1.54) is 5.56 Å². The highest BCUT2D eigenvalue weighted by molar-refractivity contribution is 14.0. The zero-order valence-corrected chi connectivity index (χ0v) is 17.4. The summed E-state index contributed by atoms with van der Waals surface area (Å²) < 4.78 is 6.07. The van der Waals surface area contributed by atoms with E-state index in [4.69, 9.17) is 9.73 Å². The fourth-order valence-corrected chi connectivity index (χ4v) is 2.06. The summed E-state index contributed by atoms with van der Waals surface area (Å²) in [4.78, 5) is 8.73. The highest BCUT2D eigenvalue weighted by Crippen LogP contribution is 2.25. The highest BCUT2D eigenvalue weighted by Gasteiger charge is 2.15. The molecule has 22 heavy (non-hydrogen) atoms. The number of guanidine groups is 1. The molecule has 0 atom stereocenters. The molecule has 5 heteroatoms. The van der Waals surface area contributed by atoms with Gasteiger partial charge in [0.05, 0.1) is 6.54 Å². The summed E-state index contributed by atoms with van der Waals surface area (Å²) >= 11 is 0. The number of halogens is 1. The van der Waals surface area contributed by atoms with Gasteiger partial charge in [-0.1, -0.05) is 12.1 Å². The van der Waals surface area contributed by atoms with E-state index in [-0.39, 0.29) is 29.6 Å². The van der Waals surface area contributed by atoms with Gasteiger partial charge in [0.25, 0.3) is 0 Å². The summed E-state index contributed by atoms with van der Waals surface area (Å²) in [6.07, 6.45) is 0. The Morgan fingerprint density at radius 3 is 2.09 bits per heavy atom. The lowest BCUT2D eigenvalue weighted by Crippen LogP contribution is -2.35. The summed E-state index contributed by atoms with van der Waals surface area (Å²) in [5.74, 6) is 1.86. The average Bonchev–Trinajstić information content (AvgIpc) is 2.28. The summed E-state index contributed by atoms with van der Waals surface area (Å²) in [6.45, 7) is 8.87. The molecule has 0 spiro atoms. The summed E-state index contributed by atoms with van der Waals surface area (Å²) in [7, 11) is 8.00. The predicted molar refractivity (Wildman–Crippen MR) is 105 cm³/mol. The number of aliphatic imine (C=N–C) groups is 1. The molecule has 0 aliphatic heterocycles. The molecule has 0 amide bonds. The van der Waals surface area contributed by atoms with E-state index in [1.54, 1.807) is 0 Å². The molecule has 1 rings (SSSR count). The Kier molecular flexibility index (Phi) is 8.22. The lowest BCUT2D eigenvalue weighted by Gasteiger charge is -2.25. The van der Waals surface area contributed by atoms with E-state index in [2.05, 4.69) is 45.9 Å². The zero-order valence-electron chi connectivity index (χ0n) is 15.1. The second kappa shape index (κ2) is 8.60. The first-order chi connectivity index (χ1) is 9.60. The van der Waals surface area contributed by atoms with Crippen LogP contribution in [0.25, 0.3) is 0 Å². The largest absolute Gasteiger partial charge is 0.488 e. The molecule has 0 bridgehead atoms. The van der Waals surface area contributed by atoms with Crippen molar-refractivity contribution in [1.29, 1.82) is 0 Å². The molecular weight excluding hydrogens is 389 g/mol. The Hall–Kier alpha value is -0.980. The molecule has 0 saturated heterocycles. The van der Waals surface area contributed by atoms with Gasteiger partial charge in [0.2, 0.25) is 0 Å². The van der Waals surface area contributed by atoms with Crippen LogP contribution in [-0.2, 0) is 6.54 Å². The number of benzene rings is 1. The van der Waals surface area contributed by atoms with E-state index in [1.807, 2.05) is 38.0 Å². The SMILES string of the molecule is Cc1ccc(CN=C(N(C)C)N(C)C)c(OC(C)(C)C)c1.I. The number of nitrogens with zero attached hydrogens (tertiary/aromatic N) is 3. The smallest absolute Gasteiger partial charge is 0.195 e. The zero-order chi connectivity index (χ0) is 16.2. The Labute approximate surface area is 152 Å². The molecule has 126 valence electrons. The van der Waals surface area contributed by atoms with Crippen molar-refractivity contribution >= 4 is 29.9 Å². The maximum atomic E-state index is 6.07. The molecule has 0 unspecified atom stereocenters. The molecular formula is C17H30IN3O. The van der Waals surface area contributed by atoms with Crippen LogP contribution in [0.5, 0.6) is 5.75 Å². The maximum Gasteiger partial charge on any atom is 0.195 e. The van der Waals surface area contributed by atoms with Crippen molar-refractivity contribution in [2.45, 2.75) is 39.8 Å². The summed E-state index contributed by atoms with van der Waals surface area (Å²) in [5.41, 5.74) is 2.09. The van der Waals surface area contributed by atoms with Gasteiger partial charge in [-0.3, -0.25) is 0 Å². The monoisotopic (exact) mass is 419 g/mol. The standard InChI is InChI=1S/C17H29N3O.HI/c1-13-9-10-14(15(11-13)21-17(2,3)4)12-18-16(19(5)6)20(7)8;/h9-11H,12H2,1-8H3;1H. The van der Waals surface area contributed by atoms with Crippen LogP contribution in [0.15, 0.2) is 23.2 Å². The van der Waals surface area contributed by atoms with E-state index in [0.717, 1.165) is 17.3 Å². The van der Waals surface area contributed by atoms with Crippen LogP contribution in [0.2, 0.25) is 0 Å². The molecule has 0 N–H and O–H groups in total. The first-order valence-electron chi connectivity index (χ1n) is 7.28. The van der Waals surface area contributed by atoms with E-state index in [9.17, 15) is 0 Å². The number of rotatable bonds is 3. The Morgan fingerprint density at radius 2 is 1.64 bits per heavy atom. The van der Waals surface area contributed by atoms with Crippen LogP contribution < -0.4 is 4.74 Å². The van der Waals surface area contributed by atoms with E-state index < -0.39 is 0 Å². The van der Waals surface area contributed by atoms with Crippen molar-refractivity contribution in [3.63, 3.8) is 0 Å². The van der Waals surface area contributed by atoms with Crippen LogP contribution in [-0.4, -0.2) is 49.6 Å². The van der Waals surface area contributed by atoms with Crippen molar-refractivity contribution in [3.05, 3.63) is 29.3 Å². The predicted octanol–water partition coefficient (Wildman–Crippen LogP) is 3.77. The van der Waals surface area contributed by atoms with Crippen LogP contribution in [0.4, 0.5) is 0 Å². The number of aryl methyl sites for hydroxylation is 1. The van der Waals surface area contributed by atoms with Gasteiger partial charge in [-0.25, -0.2) is 4.99 Å². The Bertz CT molecular complexity index is 495. The molecule has 0 saturated carbocycles. The van der Waals surface area contributed by atoms with Crippen LogP contribution in [0, 0.1) is 6.92 Å². The van der Waals surface area contributed by atoms with Crippen LogP contribution in [0.1, 0.15) is 31.9 Å². The van der Waals surface area contributed by atoms with Gasteiger partial charge in [0.15, 0.2) is 5.96 Å². The van der Waals surface area contributed by atoms with Gasteiger partial charge >= 0.3 is 0 Å². The summed E-state index contributed by atoms with van der Waals surface area (Å²) in [6, 6.07) is 6.29. The first-order valence-corrected chi connectivity index (χ1v) is 7.28. The Balaban J connectivity index is 0.00000441. The van der Waals surface area contributed by atoms with Crippen molar-refractivity contribution in [1.82, 2.24) is 9.80 Å². The van der Waals surface area contributed by atoms with Crippen molar-refractivity contribution in [3.8, 4) is 5.75 Å². The van der Waals surface area contributed by atoms with Crippen molar-refractivity contribution in [2.75, 3.05) is 28.2 Å². The van der Waals surface area contributed by atoms with E-state index in [0.29, 0.717) is 6.54 Å². The number of ether oxygens (including phenoxy) is 1. The molecule has 0 radical (unpaired) electrons. The minimum atomic E-state index is -0.210. The average molecular weight is 419 g/mol. The normalized spacial score (nSPS) is 10.5. The second-order valence-corrected chi connectivity index (χ2v) is 6.73. The molecule has 0 aromatic heterocycles. The maximum absolute atomic E-state index is 6.07. The molecule has 0 aliphatic rings. The molecule has 4 nitrogen and oxygen atoms in total. The number of hydrogen-bond donors (Lipinski definition) is 0. The fourth-order valence-electron chi connectivity index (χ4n) is 2.06. The summed E-state index contributed by atoms with van der Waals surface area (Å²) in [5, 5.41) is 0. The van der Waals surface area contributed by atoms with Gasteiger partial charge in [-0.2, -0.15) is 0 Å². The third kappa shape index (κ3) is 6.85. The van der Waals surface area contributed by atoms with Gasteiger partial charge in [0, 0.05) is 33.8 Å². The minimum Gasteiger partial charge on any atom is -0.488 e.